The maximum atomic E-state index is 12.3. The molecule has 0 radical (unpaired) electrons. The molecule has 0 aliphatic carbocycles. The maximum Gasteiger partial charge on any atom is 0.250 e. The molecule has 0 saturated heterocycles. The van der Waals surface area contributed by atoms with Crippen molar-refractivity contribution in [2.24, 2.45) is 5.92 Å². The van der Waals surface area contributed by atoms with Gasteiger partial charge in [0.15, 0.2) is 16.6 Å². The molecule has 31 heavy (non-hydrogen) atoms. The Morgan fingerprint density at radius 2 is 2.03 bits per heavy atom. The van der Waals surface area contributed by atoms with Gasteiger partial charge in [-0.2, -0.15) is 0 Å². The Kier molecular flexibility index (Phi) is 8.09. The normalized spacial score (nSPS) is 11.1. The number of carbonyl (C=O) groups excluding carboxylic acids is 1. The Bertz CT molecular complexity index is 1060. The van der Waals surface area contributed by atoms with Crippen molar-refractivity contribution in [2.45, 2.75) is 20.3 Å². The first-order valence-corrected chi connectivity index (χ1v) is 11.2. The Morgan fingerprint density at radius 3 is 2.77 bits per heavy atom. The SMILES string of the molecule is COc1cc(C=CC(=O)Nc2nc(-c3ccccc3Cl)cs2)ccc1OCCC(C)C. The molecule has 0 unspecified atom stereocenters. The molecule has 3 rings (SSSR count). The molecule has 162 valence electrons. The molecule has 2 aromatic carbocycles. The highest BCUT2D eigenvalue weighted by molar-refractivity contribution is 7.14. The predicted octanol–water partition coefficient (Wildman–Crippen LogP) is 6.55. The van der Waals surface area contributed by atoms with Gasteiger partial charge in [0.25, 0.3) is 0 Å². The van der Waals surface area contributed by atoms with Crippen molar-refractivity contribution in [1.29, 1.82) is 0 Å². The van der Waals surface area contributed by atoms with Crippen LogP contribution in [0.5, 0.6) is 11.5 Å². The van der Waals surface area contributed by atoms with E-state index < -0.39 is 0 Å². The lowest BCUT2D eigenvalue weighted by atomic mass is 10.1. The third-order valence-electron chi connectivity index (χ3n) is 4.45. The van der Waals surface area contributed by atoms with Crippen LogP contribution < -0.4 is 14.8 Å². The van der Waals surface area contributed by atoms with Gasteiger partial charge in [-0.05, 0) is 42.2 Å². The number of carbonyl (C=O) groups is 1. The minimum absolute atomic E-state index is 0.267. The second kappa shape index (κ2) is 11.0. The van der Waals surface area contributed by atoms with Crippen LogP contribution in [0, 0.1) is 5.92 Å². The second-order valence-corrected chi connectivity index (χ2v) is 8.55. The third kappa shape index (κ3) is 6.57. The van der Waals surface area contributed by atoms with Crippen LogP contribution in [0.4, 0.5) is 5.13 Å². The van der Waals surface area contributed by atoms with Crippen molar-refractivity contribution in [3.63, 3.8) is 0 Å². The van der Waals surface area contributed by atoms with E-state index in [4.69, 9.17) is 21.1 Å². The van der Waals surface area contributed by atoms with Crippen molar-refractivity contribution in [3.05, 3.63) is 64.5 Å². The fourth-order valence-electron chi connectivity index (χ4n) is 2.75. The van der Waals surface area contributed by atoms with Gasteiger partial charge in [0.2, 0.25) is 5.91 Å². The Hall–Kier alpha value is -2.83. The molecule has 3 aromatic rings. The highest BCUT2D eigenvalue weighted by atomic mass is 35.5. The molecule has 0 bridgehead atoms. The van der Waals surface area contributed by atoms with Crippen LogP contribution in [-0.4, -0.2) is 24.6 Å². The van der Waals surface area contributed by atoms with E-state index in [2.05, 4.69) is 24.1 Å². The van der Waals surface area contributed by atoms with E-state index >= 15 is 0 Å². The van der Waals surface area contributed by atoms with Gasteiger partial charge in [0, 0.05) is 22.0 Å². The molecule has 0 atom stereocenters. The number of rotatable bonds is 9. The maximum absolute atomic E-state index is 12.3. The third-order valence-corrected chi connectivity index (χ3v) is 5.54. The summed E-state index contributed by atoms with van der Waals surface area (Å²) >= 11 is 7.56. The van der Waals surface area contributed by atoms with Crippen LogP contribution in [0.3, 0.4) is 0 Å². The number of ether oxygens (including phenoxy) is 2. The standard InChI is InChI=1S/C24H25ClN2O3S/c1-16(2)12-13-30-21-10-8-17(14-22(21)29-3)9-11-23(28)27-24-26-20(15-31-24)18-6-4-5-7-19(18)25/h4-11,14-16H,12-13H2,1-3H3,(H,26,27,28). The molecule has 0 aliphatic heterocycles. The number of nitrogens with zero attached hydrogens (tertiary/aromatic N) is 1. The minimum atomic E-state index is -0.267. The first-order chi connectivity index (χ1) is 15.0. The van der Waals surface area contributed by atoms with Crippen LogP contribution in [-0.2, 0) is 4.79 Å². The number of thiazole rings is 1. The Morgan fingerprint density at radius 1 is 1.23 bits per heavy atom. The number of hydrogen-bond donors (Lipinski definition) is 1. The molecular weight excluding hydrogens is 432 g/mol. The van der Waals surface area contributed by atoms with Gasteiger partial charge < -0.3 is 9.47 Å². The molecule has 5 nitrogen and oxygen atoms in total. The molecule has 1 heterocycles. The number of halogens is 1. The fourth-order valence-corrected chi connectivity index (χ4v) is 3.70. The van der Waals surface area contributed by atoms with E-state index in [1.807, 2.05) is 47.8 Å². The molecule has 0 fully saturated rings. The van der Waals surface area contributed by atoms with Crippen molar-refractivity contribution in [3.8, 4) is 22.8 Å². The predicted molar refractivity (Wildman–Crippen MR) is 128 cm³/mol. The van der Waals surface area contributed by atoms with Crippen molar-refractivity contribution in [2.75, 3.05) is 19.0 Å². The van der Waals surface area contributed by atoms with Crippen LogP contribution >= 0.6 is 22.9 Å². The summed E-state index contributed by atoms with van der Waals surface area (Å²) < 4.78 is 11.2. The molecule has 1 amide bonds. The highest BCUT2D eigenvalue weighted by Crippen LogP contribution is 2.31. The zero-order valence-corrected chi connectivity index (χ0v) is 19.3. The Labute approximate surface area is 191 Å². The van der Waals surface area contributed by atoms with Gasteiger partial charge in [-0.15, -0.1) is 11.3 Å². The van der Waals surface area contributed by atoms with E-state index in [-0.39, 0.29) is 5.91 Å². The summed E-state index contributed by atoms with van der Waals surface area (Å²) in [6, 6.07) is 13.1. The smallest absolute Gasteiger partial charge is 0.250 e. The van der Waals surface area contributed by atoms with Crippen LogP contribution in [0.15, 0.2) is 53.9 Å². The zero-order chi connectivity index (χ0) is 22.2. The van der Waals surface area contributed by atoms with Gasteiger partial charge >= 0.3 is 0 Å². The van der Waals surface area contributed by atoms with E-state index in [1.165, 1.54) is 17.4 Å². The number of amides is 1. The van der Waals surface area contributed by atoms with Gasteiger partial charge in [-0.1, -0.05) is 49.7 Å². The summed E-state index contributed by atoms with van der Waals surface area (Å²) in [5.41, 5.74) is 2.39. The molecule has 0 spiro atoms. The van der Waals surface area contributed by atoms with Gasteiger partial charge in [-0.3, -0.25) is 10.1 Å². The number of methoxy groups -OCH3 is 1. The van der Waals surface area contributed by atoms with E-state index in [0.29, 0.717) is 34.2 Å². The molecule has 1 aromatic heterocycles. The van der Waals surface area contributed by atoms with E-state index in [1.54, 1.807) is 13.2 Å². The number of aromatic nitrogens is 1. The van der Waals surface area contributed by atoms with Gasteiger partial charge in [0.1, 0.15) is 0 Å². The van der Waals surface area contributed by atoms with Crippen molar-refractivity contribution in [1.82, 2.24) is 4.98 Å². The summed E-state index contributed by atoms with van der Waals surface area (Å²) in [4.78, 5) is 16.8. The first-order valence-electron chi connectivity index (χ1n) is 9.96. The number of nitrogens with one attached hydrogen (secondary N) is 1. The quantitative estimate of drug-likeness (QED) is 0.371. The van der Waals surface area contributed by atoms with E-state index in [9.17, 15) is 4.79 Å². The van der Waals surface area contributed by atoms with Crippen LogP contribution in [0.25, 0.3) is 17.3 Å². The molecule has 0 aliphatic rings. The molecule has 1 N–H and O–H groups in total. The number of hydrogen-bond acceptors (Lipinski definition) is 5. The summed E-state index contributed by atoms with van der Waals surface area (Å²) in [5.74, 6) is 1.64. The summed E-state index contributed by atoms with van der Waals surface area (Å²) in [5, 5.41) is 5.78. The lowest BCUT2D eigenvalue weighted by Gasteiger charge is -2.12. The Balaban J connectivity index is 1.62. The lowest BCUT2D eigenvalue weighted by molar-refractivity contribution is -0.111. The average molecular weight is 457 g/mol. The summed E-state index contributed by atoms with van der Waals surface area (Å²) in [6.07, 6.45) is 4.16. The van der Waals surface area contributed by atoms with Gasteiger partial charge in [0.05, 0.1) is 19.4 Å². The second-order valence-electron chi connectivity index (χ2n) is 7.28. The van der Waals surface area contributed by atoms with Crippen molar-refractivity contribution < 1.29 is 14.3 Å². The molecule has 7 heteroatoms. The zero-order valence-electron chi connectivity index (χ0n) is 17.7. The fraction of sp³-hybridized carbons (Fsp3) is 0.250. The molecular formula is C24H25ClN2O3S. The summed E-state index contributed by atoms with van der Waals surface area (Å²) in [7, 11) is 1.60. The minimum Gasteiger partial charge on any atom is -0.493 e. The van der Waals surface area contributed by atoms with Crippen molar-refractivity contribution >= 4 is 40.1 Å². The lowest BCUT2D eigenvalue weighted by Crippen LogP contribution is -2.07. The summed E-state index contributed by atoms with van der Waals surface area (Å²) in [6.45, 7) is 4.95. The topological polar surface area (TPSA) is 60.5 Å². The first kappa shape index (κ1) is 22.8. The average Bonchev–Trinajstić information content (AvgIpc) is 3.21. The van der Waals surface area contributed by atoms with Crippen LogP contribution in [0.2, 0.25) is 5.02 Å². The van der Waals surface area contributed by atoms with Crippen LogP contribution in [0.1, 0.15) is 25.8 Å². The largest absolute Gasteiger partial charge is 0.493 e. The number of benzene rings is 2. The molecule has 0 saturated carbocycles. The van der Waals surface area contributed by atoms with E-state index in [0.717, 1.165) is 23.2 Å². The highest BCUT2D eigenvalue weighted by Gasteiger charge is 2.09. The van der Waals surface area contributed by atoms with Gasteiger partial charge in [-0.25, -0.2) is 4.98 Å². The monoisotopic (exact) mass is 456 g/mol. The number of anilines is 1.